The molecule has 1 unspecified atom stereocenters. The Bertz CT molecular complexity index is 1100. The molecule has 2 atom stereocenters. The summed E-state index contributed by atoms with van der Waals surface area (Å²) in [7, 11) is 0. The van der Waals surface area contributed by atoms with Crippen LogP contribution in [0.4, 0.5) is 10.5 Å². The van der Waals surface area contributed by atoms with Crippen LogP contribution >= 0.6 is 0 Å². The number of aliphatic hydroxyl groups excluding tert-OH is 1. The van der Waals surface area contributed by atoms with Crippen LogP contribution in [0.3, 0.4) is 0 Å². The molecule has 0 aromatic heterocycles. The van der Waals surface area contributed by atoms with E-state index in [0.717, 1.165) is 13.1 Å². The van der Waals surface area contributed by atoms with Gasteiger partial charge in [0.15, 0.2) is 0 Å². The number of hydrogen-bond donors (Lipinski definition) is 2. The summed E-state index contributed by atoms with van der Waals surface area (Å²) in [6, 6.07) is 6.31. The molecule has 1 saturated carbocycles. The summed E-state index contributed by atoms with van der Waals surface area (Å²) in [6.45, 7) is 4.61. The quantitative estimate of drug-likeness (QED) is 0.685. The first-order valence-corrected chi connectivity index (χ1v) is 11.8. The molecule has 1 aromatic rings. The van der Waals surface area contributed by atoms with E-state index in [-0.39, 0.29) is 30.9 Å². The summed E-state index contributed by atoms with van der Waals surface area (Å²) in [6.07, 6.45) is 6.57. The normalized spacial score (nSPS) is 25.3. The average Bonchev–Trinajstić information content (AvgIpc) is 3.65. The van der Waals surface area contributed by atoms with Crippen molar-refractivity contribution >= 4 is 17.7 Å². The third-order valence-electron chi connectivity index (χ3n) is 7.05. The Morgan fingerprint density at radius 1 is 1.26 bits per heavy atom. The molecule has 3 heterocycles. The molecule has 4 aliphatic rings. The largest absolute Gasteiger partial charge is 0.447 e. The Labute approximate surface area is 198 Å². The van der Waals surface area contributed by atoms with Crippen molar-refractivity contribution in [3.05, 3.63) is 52.7 Å². The van der Waals surface area contributed by atoms with E-state index in [0.29, 0.717) is 30.3 Å². The maximum atomic E-state index is 13.2. The fraction of sp³-hybridized carbons (Fsp3) is 0.480. The van der Waals surface area contributed by atoms with E-state index in [1.807, 2.05) is 0 Å². The van der Waals surface area contributed by atoms with Gasteiger partial charge >= 0.3 is 6.09 Å². The van der Waals surface area contributed by atoms with Gasteiger partial charge in [0.25, 0.3) is 5.91 Å². The van der Waals surface area contributed by atoms with E-state index >= 15 is 0 Å². The summed E-state index contributed by atoms with van der Waals surface area (Å²) in [5, 5.41) is 22.7. The van der Waals surface area contributed by atoms with Gasteiger partial charge in [-0.05, 0) is 55.0 Å². The van der Waals surface area contributed by atoms with Crippen molar-refractivity contribution in [1.82, 2.24) is 15.1 Å². The number of nitrogens with zero attached hydrogens (tertiary/aromatic N) is 4. The topological polar surface area (TPSA) is 109 Å². The molecular formula is C25H29N5O4. The van der Waals surface area contributed by atoms with Gasteiger partial charge in [-0.25, -0.2) is 4.79 Å². The number of dihydropyridines is 1. The van der Waals surface area contributed by atoms with E-state index in [9.17, 15) is 20.0 Å². The third-order valence-corrected chi connectivity index (χ3v) is 7.05. The number of cyclic esters (lactones) is 1. The van der Waals surface area contributed by atoms with Crippen molar-refractivity contribution in [1.29, 1.82) is 5.26 Å². The Balaban J connectivity index is 1.24. The van der Waals surface area contributed by atoms with E-state index in [1.165, 1.54) is 35.0 Å². The Hall–Kier alpha value is -3.35. The number of nitriles is 1. The van der Waals surface area contributed by atoms with Crippen LogP contribution in [0.1, 0.15) is 35.7 Å². The molecular weight excluding hydrogens is 434 g/mol. The number of amides is 2. The van der Waals surface area contributed by atoms with Gasteiger partial charge in [-0.15, -0.1) is 0 Å². The number of nitrogens with one attached hydrogen (secondary N) is 1. The van der Waals surface area contributed by atoms with Gasteiger partial charge in [0, 0.05) is 38.1 Å². The molecule has 3 fully saturated rings. The molecule has 2 saturated heterocycles. The maximum Gasteiger partial charge on any atom is 0.414 e. The van der Waals surface area contributed by atoms with Gasteiger partial charge < -0.3 is 20.1 Å². The monoisotopic (exact) mass is 463 g/mol. The fourth-order valence-corrected chi connectivity index (χ4v) is 4.96. The number of aliphatic hydroxyl groups is 1. The van der Waals surface area contributed by atoms with Gasteiger partial charge in [-0.1, -0.05) is 6.08 Å². The number of rotatable bonds is 5. The van der Waals surface area contributed by atoms with Gasteiger partial charge in [0.2, 0.25) is 0 Å². The molecule has 0 radical (unpaired) electrons. The molecule has 0 spiro atoms. The van der Waals surface area contributed by atoms with E-state index in [1.54, 1.807) is 17.0 Å². The first-order valence-electron chi connectivity index (χ1n) is 11.8. The standard InChI is InChI=1S/C25H29N5O4/c1-16-10-19(17-2-3-17)13-27-23(16)28-6-8-29(9-7-28)24(32)22-5-4-20(11-18(22)12-26)30-21(14-31)15-34-25(30)33/h4-5,10-11,13,17,21,23,27,31H,2-3,6-9,14-15H2,1H3/t21-,23?/m1/s1. The average molecular weight is 464 g/mol. The lowest BCUT2D eigenvalue weighted by Gasteiger charge is -2.41. The zero-order valence-corrected chi connectivity index (χ0v) is 19.2. The number of benzene rings is 1. The number of allylic oxidation sites excluding steroid dienone is 2. The van der Waals surface area contributed by atoms with Crippen LogP contribution in [0.2, 0.25) is 0 Å². The van der Waals surface area contributed by atoms with Crippen LogP contribution in [-0.4, -0.2) is 78.5 Å². The third kappa shape index (κ3) is 4.15. The molecule has 1 aliphatic carbocycles. The highest BCUT2D eigenvalue weighted by Gasteiger charge is 2.35. The first kappa shape index (κ1) is 22.4. The van der Waals surface area contributed by atoms with Crippen LogP contribution in [0.15, 0.2) is 41.6 Å². The van der Waals surface area contributed by atoms with Gasteiger partial charge in [-0.2, -0.15) is 5.26 Å². The zero-order valence-electron chi connectivity index (χ0n) is 19.2. The summed E-state index contributed by atoms with van der Waals surface area (Å²) < 4.78 is 5.01. The fourth-order valence-electron chi connectivity index (χ4n) is 4.96. The second-order valence-electron chi connectivity index (χ2n) is 9.33. The van der Waals surface area contributed by atoms with Crippen molar-refractivity contribution in [2.45, 2.75) is 32.0 Å². The van der Waals surface area contributed by atoms with Crippen LogP contribution in [0.25, 0.3) is 0 Å². The van der Waals surface area contributed by atoms with Crippen molar-refractivity contribution in [3.8, 4) is 6.07 Å². The number of hydrogen-bond acceptors (Lipinski definition) is 7. The summed E-state index contributed by atoms with van der Waals surface area (Å²) >= 11 is 0. The Kier molecular flexibility index (Phi) is 6.02. The second-order valence-corrected chi connectivity index (χ2v) is 9.33. The highest BCUT2D eigenvalue weighted by molar-refractivity contribution is 5.98. The Morgan fingerprint density at radius 3 is 2.68 bits per heavy atom. The molecule has 3 aliphatic heterocycles. The number of anilines is 1. The molecule has 2 N–H and O–H groups in total. The van der Waals surface area contributed by atoms with Gasteiger partial charge in [0.05, 0.1) is 23.8 Å². The van der Waals surface area contributed by atoms with Crippen LogP contribution < -0.4 is 10.2 Å². The van der Waals surface area contributed by atoms with Crippen molar-refractivity contribution in [2.75, 3.05) is 44.3 Å². The predicted molar refractivity (Wildman–Crippen MR) is 125 cm³/mol. The maximum absolute atomic E-state index is 13.2. The van der Waals surface area contributed by atoms with E-state index in [4.69, 9.17) is 4.74 Å². The van der Waals surface area contributed by atoms with Crippen molar-refractivity contribution in [2.24, 2.45) is 5.92 Å². The smallest absolute Gasteiger partial charge is 0.414 e. The molecule has 1 aromatic carbocycles. The molecule has 9 nitrogen and oxygen atoms in total. The highest BCUT2D eigenvalue weighted by Crippen LogP contribution is 2.38. The summed E-state index contributed by atoms with van der Waals surface area (Å²) in [5.74, 6) is 0.523. The zero-order chi connectivity index (χ0) is 23.8. The molecule has 9 heteroatoms. The number of carbonyl (C=O) groups is 2. The lowest BCUT2D eigenvalue weighted by atomic mass is 10.0. The van der Waals surface area contributed by atoms with Gasteiger partial charge in [0.1, 0.15) is 18.8 Å². The van der Waals surface area contributed by atoms with Crippen LogP contribution in [0, 0.1) is 17.2 Å². The minimum absolute atomic E-state index is 0.0877. The highest BCUT2D eigenvalue weighted by atomic mass is 16.6. The predicted octanol–water partition coefficient (Wildman–Crippen LogP) is 1.80. The van der Waals surface area contributed by atoms with Crippen LogP contribution in [-0.2, 0) is 4.74 Å². The molecule has 5 rings (SSSR count). The van der Waals surface area contributed by atoms with E-state index in [2.05, 4.69) is 35.5 Å². The van der Waals surface area contributed by atoms with Crippen molar-refractivity contribution < 1.29 is 19.4 Å². The summed E-state index contributed by atoms with van der Waals surface area (Å²) in [4.78, 5) is 30.8. The Morgan fingerprint density at radius 2 is 2.03 bits per heavy atom. The lowest BCUT2D eigenvalue weighted by molar-refractivity contribution is 0.0578. The molecule has 0 bridgehead atoms. The van der Waals surface area contributed by atoms with Crippen molar-refractivity contribution in [3.63, 3.8) is 0 Å². The second kappa shape index (κ2) is 9.12. The number of ether oxygens (including phenoxy) is 1. The summed E-state index contributed by atoms with van der Waals surface area (Å²) in [5.41, 5.74) is 3.64. The minimum atomic E-state index is -0.571. The minimum Gasteiger partial charge on any atom is -0.447 e. The molecule has 178 valence electrons. The molecule has 2 amide bonds. The molecule has 34 heavy (non-hydrogen) atoms. The lowest BCUT2D eigenvalue weighted by Crippen LogP contribution is -2.56. The van der Waals surface area contributed by atoms with E-state index < -0.39 is 12.1 Å². The number of carbonyl (C=O) groups excluding carboxylic acids is 2. The first-order chi connectivity index (χ1) is 16.5. The van der Waals surface area contributed by atoms with Crippen LogP contribution in [0.5, 0.6) is 0 Å². The van der Waals surface area contributed by atoms with Gasteiger partial charge in [-0.3, -0.25) is 14.6 Å². The number of piperazine rings is 1. The SMILES string of the molecule is CC1=CC(C2CC2)=CNC1N1CCN(C(=O)c2ccc(N3C(=O)OC[C@H]3CO)cc2C#N)CC1.